The van der Waals surface area contributed by atoms with Crippen LogP contribution in [0.15, 0.2) is 79.0 Å². The first-order valence-electron chi connectivity index (χ1n) is 7.76. The maximum absolute atomic E-state index is 5.75. The molecule has 0 amide bonds. The lowest BCUT2D eigenvalue weighted by atomic mass is 10.2. The van der Waals surface area contributed by atoms with Crippen molar-refractivity contribution in [2.24, 2.45) is 0 Å². The van der Waals surface area contributed by atoms with Crippen LogP contribution in [-0.2, 0) is 6.42 Å². The highest BCUT2D eigenvalue weighted by Crippen LogP contribution is 2.23. The van der Waals surface area contributed by atoms with E-state index < -0.39 is 0 Å². The van der Waals surface area contributed by atoms with E-state index in [-0.39, 0.29) is 0 Å². The van der Waals surface area contributed by atoms with Crippen molar-refractivity contribution >= 4 is 0 Å². The Morgan fingerprint density at radius 3 is 2.13 bits per heavy atom. The van der Waals surface area contributed by atoms with Crippen LogP contribution in [0.4, 0.5) is 0 Å². The van der Waals surface area contributed by atoms with E-state index in [4.69, 9.17) is 9.47 Å². The van der Waals surface area contributed by atoms with Gasteiger partial charge in [-0.15, -0.1) is 0 Å². The van der Waals surface area contributed by atoms with Crippen LogP contribution in [0.2, 0.25) is 0 Å². The molecule has 0 radical (unpaired) electrons. The Morgan fingerprint density at radius 2 is 1.39 bits per heavy atom. The van der Waals surface area contributed by atoms with Crippen LogP contribution >= 0.6 is 0 Å². The highest BCUT2D eigenvalue weighted by molar-refractivity contribution is 5.35. The van der Waals surface area contributed by atoms with Gasteiger partial charge in [0.25, 0.3) is 0 Å². The molecule has 0 fully saturated rings. The lowest BCUT2D eigenvalue weighted by Gasteiger charge is -2.08. The summed E-state index contributed by atoms with van der Waals surface area (Å²) in [6.07, 6.45) is 3.69. The summed E-state index contributed by atoms with van der Waals surface area (Å²) in [4.78, 5) is 4.30. The Balaban J connectivity index is 1.44. The van der Waals surface area contributed by atoms with E-state index in [1.807, 2.05) is 79.0 Å². The molecule has 0 N–H and O–H groups in total. The minimum absolute atomic E-state index is 0.676. The number of aryl methyl sites for hydroxylation is 1. The number of pyridine rings is 1. The quantitative estimate of drug-likeness (QED) is 0.583. The average Bonchev–Trinajstić information content (AvgIpc) is 2.62. The average molecular weight is 305 g/mol. The monoisotopic (exact) mass is 305 g/mol. The molecule has 116 valence electrons. The number of aromatic nitrogens is 1. The summed E-state index contributed by atoms with van der Waals surface area (Å²) in [7, 11) is 0. The minimum atomic E-state index is 0.676. The Kier molecular flexibility index (Phi) is 5.25. The second-order valence-corrected chi connectivity index (χ2v) is 5.16. The summed E-state index contributed by atoms with van der Waals surface area (Å²) in [6.45, 7) is 0.676. The van der Waals surface area contributed by atoms with Gasteiger partial charge in [0.1, 0.15) is 17.2 Å². The zero-order valence-corrected chi connectivity index (χ0v) is 12.9. The van der Waals surface area contributed by atoms with Gasteiger partial charge in [0.05, 0.1) is 6.61 Å². The maximum Gasteiger partial charge on any atom is 0.127 e. The molecule has 0 saturated heterocycles. The second-order valence-electron chi connectivity index (χ2n) is 5.16. The first-order valence-corrected chi connectivity index (χ1v) is 7.76. The van der Waals surface area contributed by atoms with Gasteiger partial charge < -0.3 is 9.47 Å². The molecule has 0 aliphatic heterocycles. The molecule has 0 bridgehead atoms. The van der Waals surface area contributed by atoms with Crippen LogP contribution in [0, 0.1) is 0 Å². The van der Waals surface area contributed by atoms with Crippen molar-refractivity contribution in [3.63, 3.8) is 0 Å². The summed E-state index contributed by atoms with van der Waals surface area (Å²) in [6, 6.07) is 23.4. The standard InChI is InChI=1S/C20H19NO2/c1-2-9-19(10-3-1)23-20-13-11-18(12-14-20)22-16-6-8-17-7-4-5-15-21-17/h1-5,7,9-15H,6,8,16H2. The number of hydrogen-bond donors (Lipinski definition) is 0. The van der Waals surface area contributed by atoms with Crippen LogP contribution < -0.4 is 9.47 Å². The van der Waals surface area contributed by atoms with Crippen molar-refractivity contribution in [1.29, 1.82) is 0 Å². The molecule has 0 aliphatic carbocycles. The predicted molar refractivity (Wildman–Crippen MR) is 91.0 cm³/mol. The van der Waals surface area contributed by atoms with E-state index in [0.717, 1.165) is 35.8 Å². The number of ether oxygens (including phenoxy) is 2. The first-order chi connectivity index (χ1) is 11.4. The fourth-order valence-corrected chi connectivity index (χ4v) is 2.22. The molecule has 0 atom stereocenters. The number of para-hydroxylation sites is 1. The summed E-state index contributed by atoms with van der Waals surface area (Å²) in [5, 5.41) is 0. The van der Waals surface area contributed by atoms with Crippen molar-refractivity contribution in [3.8, 4) is 17.2 Å². The number of rotatable bonds is 7. The minimum Gasteiger partial charge on any atom is -0.494 e. The molecule has 3 heteroatoms. The molecule has 3 nitrogen and oxygen atoms in total. The molecular formula is C20H19NO2. The molecule has 0 saturated carbocycles. The van der Waals surface area contributed by atoms with Crippen LogP contribution in [0.5, 0.6) is 17.2 Å². The Morgan fingerprint density at radius 1 is 0.696 bits per heavy atom. The zero-order valence-electron chi connectivity index (χ0n) is 12.9. The molecule has 0 unspecified atom stereocenters. The van der Waals surface area contributed by atoms with Crippen LogP contribution in [0.1, 0.15) is 12.1 Å². The fourth-order valence-electron chi connectivity index (χ4n) is 2.22. The Hall–Kier alpha value is -2.81. The van der Waals surface area contributed by atoms with Gasteiger partial charge in [-0.25, -0.2) is 0 Å². The van der Waals surface area contributed by atoms with Crippen molar-refractivity contribution in [2.75, 3.05) is 6.61 Å². The summed E-state index contributed by atoms with van der Waals surface area (Å²) < 4.78 is 11.5. The first kappa shape index (κ1) is 15.1. The highest BCUT2D eigenvalue weighted by atomic mass is 16.5. The van der Waals surface area contributed by atoms with Gasteiger partial charge in [-0.3, -0.25) is 4.98 Å². The topological polar surface area (TPSA) is 31.4 Å². The third-order valence-corrected chi connectivity index (χ3v) is 3.37. The fraction of sp³-hybridized carbons (Fsp3) is 0.150. The van der Waals surface area contributed by atoms with Gasteiger partial charge in [-0.2, -0.15) is 0 Å². The SMILES string of the molecule is c1ccc(Oc2ccc(OCCCc3ccccn3)cc2)cc1. The van der Waals surface area contributed by atoms with E-state index >= 15 is 0 Å². The Labute approximate surface area is 136 Å². The van der Waals surface area contributed by atoms with Crippen molar-refractivity contribution in [3.05, 3.63) is 84.7 Å². The maximum atomic E-state index is 5.75. The smallest absolute Gasteiger partial charge is 0.127 e. The third-order valence-electron chi connectivity index (χ3n) is 3.37. The predicted octanol–water partition coefficient (Wildman–Crippen LogP) is 4.89. The zero-order chi connectivity index (χ0) is 15.7. The third kappa shape index (κ3) is 4.85. The summed E-state index contributed by atoms with van der Waals surface area (Å²) in [5.74, 6) is 2.49. The number of hydrogen-bond acceptors (Lipinski definition) is 3. The summed E-state index contributed by atoms with van der Waals surface area (Å²) in [5.41, 5.74) is 1.10. The van der Waals surface area contributed by atoms with Gasteiger partial charge in [-0.05, 0) is 61.4 Å². The van der Waals surface area contributed by atoms with Gasteiger partial charge in [-0.1, -0.05) is 24.3 Å². The molecule has 0 spiro atoms. The number of benzene rings is 2. The molecule has 3 rings (SSSR count). The van der Waals surface area contributed by atoms with E-state index in [0.29, 0.717) is 6.61 Å². The van der Waals surface area contributed by atoms with Gasteiger partial charge in [0.15, 0.2) is 0 Å². The highest BCUT2D eigenvalue weighted by Gasteiger charge is 1.99. The summed E-state index contributed by atoms with van der Waals surface area (Å²) >= 11 is 0. The Bertz CT molecular complexity index is 697. The normalized spacial score (nSPS) is 10.3. The van der Waals surface area contributed by atoms with Crippen LogP contribution in [0.25, 0.3) is 0 Å². The molecule has 1 aromatic heterocycles. The van der Waals surface area contributed by atoms with E-state index in [2.05, 4.69) is 4.98 Å². The lowest BCUT2D eigenvalue weighted by Crippen LogP contribution is -2.00. The largest absolute Gasteiger partial charge is 0.494 e. The van der Waals surface area contributed by atoms with Gasteiger partial charge in [0, 0.05) is 11.9 Å². The van der Waals surface area contributed by atoms with Crippen LogP contribution in [0.3, 0.4) is 0 Å². The molecule has 0 aliphatic rings. The van der Waals surface area contributed by atoms with Crippen molar-refractivity contribution < 1.29 is 9.47 Å². The molecule has 1 heterocycles. The molecule has 3 aromatic rings. The molecule has 23 heavy (non-hydrogen) atoms. The van der Waals surface area contributed by atoms with Gasteiger partial charge >= 0.3 is 0 Å². The molecule has 2 aromatic carbocycles. The lowest BCUT2D eigenvalue weighted by molar-refractivity contribution is 0.310. The second kappa shape index (κ2) is 7.99. The van der Waals surface area contributed by atoms with E-state index in [1.54, 1.807) is 0 Å². The van der Waals surface area contributed by atoms with Crippen molar-refractivity contribution in [1.82, 2.24) is 4.98 Å². The van der Waals surface area contributed by atoms with E-state index in [9.17, 15) is 0 Å². The van der Waals surface area contributed by atoms with Crippen LogP contribution in [-0.4, -0.2) is 11.6 Å². The van der Waals surface area contributed by atoms with Gasteiger partial charge in [0.2, 0.25) is 0 Å². The number of nitrogens with zero attached hydrogens (tertiary/aromatic N) is 1. The molecular weight excluding hydrogens is 286 g/mol. The van der Waals surface area contributed by atoms with Crippen molar-refractivity contribution in [2.45, 2.75) is 12.8 Å². The van der Waals surface area contributed by atoms with E-state index in [1.165, 1.54) is 0 Å².